The molecule has 1 aliphatic heterocycles. The van der Waals surface area contributed by atoms with E-state index in [0.717, 1.165) is 18.5 Å². The maximum atomic E-state index is 12.6. The Labute approximate surface area is 155 Å². The number of rotatable bonds is 4. The SMILES string of the molecule is COCc1ccc(C(=O)N2CCC(c3cc4nc(C)cc(=O)n4[nH]3)CC2)o1. The van der Waals surface area contributed by atoms with Gasteiger partial charge in [0.25, 0.3) is 11.5 Å². The predicted octanol–water partition coefficient (Wildman–Crippen LogP) is 2.09. The number of aromatic nitrogens is 3. The first kappa shape index (κ1) is 17.5. The first-order chi connectivity index (χ1) is 13.0. The van der Waals surface area contributed by atoms with Gasteiger partial charge in [0.2, 0.25) is 0 Å². The third-order valence-corrected chi connectivity index (χ3v) is 4.98. The summed E-state index contributed by atoms with van der Waals surface area (Å²) in [7, 11) is 1.59. The summed E-state index contributed by atoms with van der Waals surface area (Å²) in [5.41, 5.74) is 2.21. The van der Waals surface area contributed by atoms with Crippen LogP contribution in [-0.2, 0) is 11.3 Å². The number of aromatic amines is 1. The van der Waals surface area contributed by atoms with Gasteiger partial charge in [-0.15, -0.1) is 0 Å². The lowest BCUT2D eigenvalue weighted by atomic mass is 9.93. The van der Waals surface area contributed by atoms with Crippen LogP contribution in [0.5, 0.6) is 0 Å². The number of likely N-dealkylation sites (tertiary alicyclic amines) is 1. The van der Waals surface area contributed by atoms with Gasteiger partial charge in [0.05, 0.1) is 0 Å². The standard InChI is InChI=1S/C19H22N4O4/c1-12-9-18(24)23-17(20-12)10-15(21-23)13-5-7-22(8-6-13)19(25)16-4-3-14(27-16)11-26-2/h3-4,9-10,13,21H,5-8,11H2,1-2H3. The van der Waals surface area contributed by atoms with Crippen LogP contribution in [0.15, 0.2) is 33.5 Å². The summed E-state index contributed by atoms with van der Waals surface area (Å²) >= 11 is 0. The maximum absolute atomic E-state index is 12.6. The summed E-state index contributed by atoms with van der Waals surface area (Å²) in [6.45, 7) is 3.44. The second-order valence-electron chi connectivity index (χ2n) is 6.91. The van der Waals surface area contributed by atoms with Crippen LogP contribution in [0.2, 0.25) is 0 Å². The molecule has 0 bridgehead atoms. The zero-order valence-corrected chi connectivity index (χ0v) is 15.4. The van der Waals surface area contributed by atoms with Crippen LogP contribution in [-0.4, -0.2) is 45.6 Å². The van der Waals surface area contributed by atoms with Crippen LogP contribution in [0.25, 0.3) is 5.65 Å². The topological polar surface area (TPSA) is 92.8 Å². The molecule has 142 valence electrons. The van der Waals surface area contributed by atoms with E-state index in [1.165, 1.54) is 10.6 Å². The van der Waals surface area contributed by atoms with Crippen LogP contribution in [0.1, 0.15) is 46.5 Å². The van der Waals surface area contributed by atoms with Gasteiger partial charge in [-0.05, 0) is 31.9 Å². The molecule has 4 rings (SSSR count). The Morgan fingerprint density at radius 2 is 2.11 bits per heavy atom. The molecule has 1 amide bonds. The van der Waals surface area contributed by atoms with E-state index in [-0.39, 0.29) is 17.4 Å². The fraction of sp³-hybridized carbons (Fsp3) is 0.421. The van der Waals surface area contributed by atoms with Gasteiger partial charge in [-0.25, -0.2) is 9.50 Å². The quantitative estimate of drug-likeness (QED) is 0.759. The molecule has 8 heteroatoms. The summed E-state index contributed by atoms with van der Waals surface area (Å²) < 4.78 is 12.0. The zero-order valence-electron chi connectivity index (χ0n) is 15.4. The third-order valence-electron chi connectivity index (χ3n) is 4.98. The normalized spacial score (nSPS) is 15.6. The zero-order chi connectivity index (χ0) is 19.0. The number of carbonyl (C=O) groups is 1. The van der Waals surface area contributed by atoms with E-state index in [0.29, 0.717) is 42.6 Å². The minimum atomic E-state index is -0.110. The number of nitrogens with zero attached hydrogens (tertiary/aromatic N) is 3. The van der Waals surface area contributed by atoms with E-state index in [1.54, 1.807) is 19.2 Å². The molecule has 1 fully saturated rings. The van der Waals surface area contributed by atoms with Gasteiger partial charge < -0.3 is 14.1 Å². The van der Waals surface area contributed by atoms with Gasteiger partial charge in [0.15, 0.2) is 11.4 Å². The number of hydrogen-bond acceptors (Lipinski definition) is 5. The average Bonchev–Trinajstić information content (AvgIpc) is 3.29. The van der Waals surface area contributed by atoms with Crippen molar-refractivity contribution in [2.45, 2.75) is 32.3 Å². The molecule has 1 N–H and O–H groups in total. The van der Waals surface area contributed by atoms with Crippen molar-refractivity contribution in [3.63, 3.8) is 0 Å². The molecule has 0 atom stereocenters. The molecule has 3 aromatic heterocycles. The fourth-order valence-electron chi connectivity index (χ4n) is 3.60. The highest BCUT2D eigenvalue weighted by Crippen LogP contribution is 2.28. The Morgan fingerprint density at radius 1 is 1.33 bits per heavy atom. The molecule has 8 nitrogen and oxygen atoms in total. The van der Waals surface area contributed by atoms with Gasteiger partial charge in [0, 0.05) is 49.6 Å². The molecule has 27 heavy (non-hydrogen) atoms. The summed E-state index contributed by atoms with van der Waals surface area (Å²) in [4.78, 5) is 30.9. The van der Waals surface area contributed by atoms with Crippen LogP contribution in [0, 0.1) is 6.92 Å². The van der Waals surface area contributed by atoms with Crippen molar-refractivity contribution in [2.24, 2.45) is 0 Å². The minimum Gasteiger partial charge on any atom is -0.453 e. The number of fused-ring (bicyclic) bond motifs is 1. The van der Waals surface area contributed by atoms with Crippen molar-refractivity contribution in [2.75, 3.05) is 20.2 Å². The molecule has 0 aliphatic carbocycles. The summed E-state index contributed by atoms with van der Waals surface area (Å²) in [5.74, 6) is 1.15. The second kappa shape index (κ2) is 7.03. The molecule has 1 aliphatic rings. The van der Waals surface area contributed by atoms with Crippen LogP contribution in [0.3, 0.4) is 0 Å². The smallest absolute Gasteiger partial charge is 0.289 e. The number of hydrogen-bond donors (Lipinski definition) is 1. The van der Waals surface area contributed by atoms with E-state index in [4.69, 9.17) is 9.15 Å². The summed E-state index contributed by atoms with van der Waals surface area (Å²) in [6.07, 6.45) is 1.63. The average molecular weight is 370 g/mol. The third kappa shape index (κ3) is 3.40. The Morgan fingerprint density at radius 3 is 2.85 bits per heavy atom. The molecule has 0 saturated carbocycles. The molecule has 4 heterocycles. The van der Waals surface area contributed by atoms with Crippen LogP contribution in [0.4, 0.5) is 0 Å². The highest BCUT2D eigenvalue weighted by molar-refractivity contribution is 5.91. The summed E-state index contributed by atoms with van der Waals surface area (Å²) in [5, 5.41) is 3.16. The maximum Gasteiger partial charge on any atom is 0.289 e. The molecule has 0 spiro atoms. The van der Waals surface area contributed by atoms with E-state index in [9.17, 15) is 9.59 Å². The number of furan rings is 1. The van der Waals surface area contributed by atoms with E-state index < -0.39 is 0 Å². The molecular weight excluding hydrogens is 348 g/mol. The lowest BCUT2D eigenvalue weighted by molar-refractivity contribution is 0.0672. The second-order valence-corrected chi connectivity index (χ2v) is 6.91. The molecule has 0 radical (unpaired) electrons. The Bertz CT molecular complexity index is 1020. The Hall–Kier alpha value is -2.87. The van der Waals surface area contributed by atoms with E-state index >= 15 is 0 Å². The van der Waals surface area contributed by atoms with Crippen LogP contribution < -0.4 is 5.56 Å². The highest BCUT2D eigenvalue weighted by atomic mass is 16.5. The minimum absolute atomic E-state index is 0.0963. The van der Waals surface area contributed by atoms with Crippen molar-refractivity contribution >= 4 is 11.6 Å². The van der Waals surface area contributed by atoms with Gasteiger partial charge in [-0.1, -0.05) is 0 Å². The van der Waals surface area contributed by atoms with Crippen molar-refractivity contribution in [3.8, 4) is 0 Å². The molecule has 3 aromatic rings. The van der Waals surface area contributed by atoms with Gasteiger partial charge in [-0.2, -0.15) is 0 Å². The Kier molecular flexibility index (Phi) is 4.57. The van der Waals surface area contributed by atoms with E-state index in [1.807, 2.05) is 17.9 Å². The van der Waals surface area contributed by atoms with E-state index in [2.05, 4.69) is 10.1 Å². The molecule has 0 aromatic carbocycles. The molecule has 0 unspecified atom stereocenters. The van der Waals surface area contributed by atoms with Crippen LogP contribution >= 0.6 is 0 Å². The largest absolute Gasteiger partial charge is 0.453 e. The first-order valence-electron chi connectivity index (χ1n) is 9.01. The monoisotopic (exact) mass is 370 g/mol. The number of H-pyrrole nitrogens is 1. The van der Waals surface area contributed by atoms with Gasteiger partial charge in [-0.3, -0.25) is 14.7 Å². The number of amides is 1. The fourth-order valence-corrected chi connectivity index (χ4v) is 3.60. The Balaban J connectivity index is 1.44. The van der Waals surface area contributed by atoms with Crippen molar-refractivity contribution in [3.05, 3.63) is 57.5 Å². The predicted molar refractivity (Wildman–Crippen MR) is 97.8 cm³/mol. The number of methoxy groups -OCH3 is 1. The highest BCUT2D eigenvalue weighted by Gasteiger charge is 2.27. The molecule has 1 saturated heterocycles. The first-order valence-corrected chi connectivity index (χ1v) is 9.01. The van der Waals surface area contributed by atoms with Crippen molar-refractivity contribution in [1.82, 2.24) is 19.5 Å². The number of aryl methyl sites for hydroxylation is 1. The van der Waals surface area contributed by atoms with Gasteiger partial charge >= 0.3 is 0 Å². The lowest BCUT2D eigenvalue weighted by Crippen LogP contribution is -2.37. The molecular formula is C19H22N4O4. The van der Waals surface area contributed by atoms with Crippen molar-refractivity contribution in [1.29, 1.82) is 0 Å². The van der Waals surface area contributed by atoms with Crippen molar-refractivity contribution < 1.29 is 13.9 Å². The van der Waals surface area contributed by atoms with Gasteiger partial charge in [0.1, 0.15) is 12.4 Å². The number of nitrogens with one attached hydrogen (secondary N) is 1. The lowest BCUT2D eigenvalue weighted by Gasteiger charge is -2.30. The number of piperidine rings is 1. The number of carbonyl (C=O) groups excluding carboxylic acids is 1. The number of ether oxygens (including phenoxy) is 1. The summed E-state index contributed by atoms with van der Waals surface area (Å²) in [6, 6.07) is 6.90.